The van der Waals surface area contributed by atoms with Gasteiger partial charge in [0.2, 0.25) is 0 Å². The Morgan fingerprint density at radius 1 is 1.37 bits per heavy atom. The zero-order valence-electron chi connectivity index (χ0n) is 12.4. The van der Waals surface area contributed by atoms with Gasteiger partial charge >= 0.3 is 5.97 Å². The Kier molecular flexibility index (Phi) is 4.58. The summed E-state index contributed by atoms with van der Waals surface area (Å²) in [4.78, 5) is 12.2. The Bertz CT molecular complexity index is 408. The number of carbonyl (C=O) groups excluding carboxylic acids is 1. The zero-order valence-corrected chi connectivity index (χ0v) is 13.4. The number of hydrogen-bond donors (Lipinski definition) is 0. The largest absolute Gasteiger partial charge is 0.468 e. The minimum Gasteiger partial charge on any atom is -0.468 e. The lowest BCUT2D eigenvalue weighted by Gasteiger charge is -2.28. The van der Waals surface area contributed by atoms with Gasteiger partial charge in [-0.15, -0.1) is 6.58 Å². The predicted octanol–water partition coefficient (Wildman–Crippen LogP) is 3.46. The average Bonchev–Trinajstić information content (AvgIpc) is 2.95. The van der Waals surface area contributed by atoms with Gasteiger partial charge in [-0.25, -0.2) is 0 Å². The van der Waals surface area contributed by atoms with Crippen molar-refractivity contribution in [1.29, 1.82) is 0 Å². The van der Waals surface area contributed by atoms with Gasteiger partial charge in [0.1, 0.15) is 5.41 Å². The third kappa shape index (κ3) is 3.07. The standard InChI is InChI=1S/C15H24O3Si/c1-7-9-10-11-14(13(16)17-3)12-15(14,8-2)18-19(4,5)6/h7-10H,1-2,11-12H2,3-6H3/b10-9-/t14-,15+/m0/s1. The number of esters is 1. The maximum Gasteiger partial charge on any atom is 0.315 e. The molecule has 1 saturated carbocycles. The Labute approximate surface area is 117 Å². The molecular formula is C15H24O3Si. The zero-order chi connectivity index (χ0) is 14.7. The first-order valence-corrected chi connectivity index (χ1v) is 9.87. The molecule has 4 heteroatoms. The number of allylic oxidation sites excluding steroid dienone is 3. The monoisotopic (exact) mass is 280 g/mol. The van der Waals surface area contributed by atoms with Crippen LogP contribution < -0.4 is 0 Å². The van der Waals surface area contributed by atoms with Crippen molar-refractivity contribution in [3.8, 4) is 0 Å². The van der Waals surface area contributed by atoms with Crippen molar-refractivity contribution in [2.24, 2.45) is 5.41 Å². The third-order valence-corrected chi connectivity index (χ3v) is 4.36. The molecule has 0 spiro atoms. The SMILES string of the molecule is C=C/C=C\C[C@@]1(C(=O)OC)C[C@@]1(C=C)O[Si](C)(C)C. The fourth-order valence-electron chi connectivity index (χ4n) is 2.53. The summed E-state index contributed by atoms with van der Waals surface area (Å²) in [6, 6.07) is 0. The van der Waals surface area contributed by atoms with Crippen LogP contribution >= 0.6 is 0 Å². The molecule has 0 aromatic carbocycles. The molecule has 0 unspecified atom stereocenters. The van der Waals surface area contributed by atoms with E-state index in [2.05, 4.69) is 32.8 Å². The Morgan fingerprint density at radius 2 is 2.00 bits per heavy atom. The van der Waals surface area contributed by atoms with E-state index in [1.807, 2.05) is 12.2 Å². The number of carbonyl (C=O) groups is 1. The highest BCUT2D eigenvalue weighted by atomic mass is 28.4. The summed E-state index contributed by atoms with van der Waals surface area (Å²) in [5.41, 5.74) is -1.20. The second kappa shape index (κ2) is 5.47. The number of methoxy groups -OCH3 is 1. The summed E-state index contributed by atoms with van der Waals surface area (Å²) in [6.07, 6.45) is 8.46. The quantitative estimate of drug-likeness (QED) is 0.310. The molecule has 0 aromatic rings. The van der Waals surface area contributed by atoms with E-state index in [9.17, 15) is 4.79 Å². The molecule has 1 fully saturated rings. The van der Waals surface area contributed by atoms with Gasteiger partial charge in [0, 0.05) is 0 Å². The molecule has 2 atom stereocenters. The third-order valence-electron chi connectivity index (χ3n) is 3.38. The van der Waals surface area contributed by atoms with Gasteiger partial charge in [0.05, 0.1) is 12.7 Å². The van der Waals surface area contributed by atoms with Crippen LogP contribution in [-0.4, -0.2) is 27.0 Å². The second-order valence-corrected chi connectivity index (χ2v) is 10.4. The summed E-state index contributed by atoms with van der Waals surface area (Å²) < 4.78 is 11.2. The topological polar surface area (TPSA) is 35.5 Å². The summed E-state index contributed by atoms with van der Waals surface area (Å²) >= 11 is 0. The van der Waals surface area contributed by atoms with Crippen LogP contribution in [0.2, 0.25) is 19.6 Å². The molecule has 0 N–H and O–H groups in total. The summed E-state index contributed by atoms with van der Waals surface area (Å²) in [7, 11) is -0.351. The highest BCUT2D eigenvalue weighted by molar-refractivity contribution is 6.69. The molecule has 1 aliphatic rings. The van der Waals surface area contributed by atoms with Crippen LogP contribution in [0.5, 0.6) is 0 Å². The summed E-state index contributed by atoms with van der Waals surface area (Å²) in [5.74, 6) is -0.223. The van der Waals surface area contributed by atoms with Crippen molar-refractivity contribution in [1.82, 2.24) is 0 Å². The summed E-state index contributed by atoms with van der Waals surface area (Å²) in [5, 5.41) is 0. The van der Waals surface area contributed by atoms with Gasteiger partial charge in [0.25, 0.3) is 0 Å². The van der Waals surface area contributed by atoms with Crippen molar-refractivity contribution >= 4 is 14.3 Å². The maximum atomic E-state index is 12.2. The first-order valence-electron chi connectivity index (χ1n) is 6.47. The van der Waals surface area contributed by atoms with Gasteiger partial charge in [-0.3, -0.25) is 4.79 Å². The van der Waals surface area contributed by atoms with Gasteiger partial charge < -0.3 is 9.16 Å². The van der Waals surface area contributed by atoms with Gasteiger partial charge in [-0.2, -0.15) is 0 Å². The molecule has 0 saturated heterocycles. The first-order chi connectivity index (χ1) is 8.77. The number of rotatable bonds is 7. The Hall–Kier alpha value is -1.13. The average molecular weight is 280 g/mol. The highest BCUT2D eigenvalue weighted by Crippen LogP contribution is 2.63. The predicted molar refractivity (Wildman–Crippen MR) is 80.4 cm³/mol. The maximum absolute atomic E-state index is 12.2. The summed E-state index contributed by atoms with van der Waals surface area (Å²) in [6.45, 7) is 13.8. The lowest BCUT2D eigenvalue weighted by molar-refractivity contribution is -0.149. The number of hydrogen-bond acceptors (Lipinski definition) is 3. The fourth-order valence-corrected chi connectivity index (χ4v) is 3.97. The van der Waals surface area contributed by atoms with E-state index < -0.39 is 19.3 Å². The Balaban J connectivity index is 3.02. The van der Waals surface area contributed by atoms with Crippen LogP contribution in [0.1, 0.15) is 12.8 Å². The minimum atomic E-state index is -1.77. The molecule has 0 aromatic heterocycles. The molecule has 1 aliphatic carbocycles. The molecule has 0 heterocycles. The van der Waals surface area contributed by atoms with Crippen molar-refractivity contribution in [3.63, 3.8) is 0 Å². The lowest BCUT2D eigenvalue weighted by atomic mass is 9.97. The van der Waals surface area contributed by atoms with E-state index in [1.165, 1.54) is 7.11 Å². The molecule has 0 bridgehead atoms. The van der Waals surface area contributed by atoms with Crippen LogP contribution in [0.3, 0.4) is 0 Å². The molecular weight excluding hydrogens is 256 g/mol. The molecule has 3 nitrogen and oxygen atoms in total. The second-order valence-electron chi connectivity index (χ2n) is 5.93. The van der Waals surface area contributed by atoms with Crippen LogP contribution in [0.25, 0.3) is 0 Å². The van der Waals surface area contributed by atoms with E-state index >= 15 is 0 Å². The molecule has 19 heavy (non-hydrogen) atoms. The van der Waals surface area contributed by atoms with E-state index in [0.717, 1.165) is 0 Å². The first kappa shape index (κ1) is 15.9. The van der Waals surface area contributed by atoms with Crippen LogP contribution in [0.15, 0.2) is 37.5 Å². The van der Waals surface area contributed by atoms with Crippen LogP contribution in [-0.2, 0) is 14.0 Å². The van der Waals surface area contributed by atoms with Gasteiger partial charge in [-0.05, 0) is 32.5 Å². The van der Waals surface area contributed by atoms with Gasteiger partial charge in [-0.1, -0.05) is 30.9 Å². The van der Waals surface area contributed by atoms with Crippen molar-refractivity contribution < 1.29 is 14.0 Å². The molecule has 0 amide bonds. The van der Waals surface area contributed by atoms with Crippen molar-refractivity contribution in [2.45, 2.75) is 38.1 Å². The van der Waals surface area contributed by atoms with Crippen LogP contribution in [0.4, 0.5) is 0 Å². The fraction of sp³-hybridized carbons (Fsp3) is 0.533. The molecule has 0 radical (unpaired) electrons. The van der Waals surface area contributed by atoms with Crippen molar-refractivity contribution in [3.05, 3.63) is 37.5 Å². The minimum absolute atomic E-state index is 0.223. The van der Waals surface area contributed by atoms with Crippen LogP contribution in [0, 0.1) is 5.41 Å². The van der Waals surface area contributed by atoms with E-state index in [-0.39, 0.29) is 5.97 Å². The molecule has 106 valence electrons. The van der Waals surface area contributed by atoms with E-state index in [0.29, 0.717) is 12.8 Å². The van der Waals surface area contributed by atoms with Gasteiger partial charge in [0.15, 0.2) is 8.32 Å². The molecule has 1 rings (SSSR count). The smallest absolute Gasteiger partial charge is 0.315 e. The number of ether oxygens (including phenoxy) is 1. The van der Waals surface area contributed by atoms with E-state index in [1.54, 1.807) is 12.2 Å². The molecule has 0 aliphatic heterocycles. The normalized spacial score (nSPS) is 30.1. The Morgan fingerprint density at radius 3 is 2.42 bits per heavy atom. The van der Waals surface area contributed by atoms with E-state index in [4.69, 9.17) is 9.16 Å². The van der Waals surface area contributed by atoms with Crippen molar-refractivity contribution in [2.75, 3.05) is 7.11 Å². The highest BCUT2D eigenvalue weighted by Gasteiger charge is 2.72. The lowest BCUT2D eigenvalue weighted by Crippen LogP contribution is -2.38.